The molecule has 0 amide bonds. The maximum absolute atomic E-state index is 11.2. The standard InChI is InChI=1S/C9H13ClO4/c1-3-13-6-7(8(11)5-10)9(12)14-4-2/h6H,3-5H2,1-2H3/b7-6-. The number of hydrogen-bond acceptors (Lipinski definition) is 4. The minimum Gasteiger partial charge on any atom is -0.500 e. The minimum atomic E-state index is -0.702. The molecule has 0 radical (unpaired) electrons. The first-order chi connectivity index (χ1) is 6.67. The van der Waals surface area contributed by atoms with Crippen molar-refractivity contribution in [1.29, 1.82) is 0 Å². The molecule has 0 bridgehead atoms. The zero-order valence-electron chi connectivity index (χ0n) is 8.21. The summed E-state index contributed by atoms with van der Waals surface area (Å²) in [7, 11) is 0. The molecule has 0 aromatic heterocycles. The third-order valence-corrected chi connectivity index (χ3v) is 1.53. The number of ketones is 1. The van der Waals surface area contributed by atoms with Crippen molar-refractivity contribution in [3.05, 3.63) is 11.8 Å². The summed E-state index contributed by atoms with van der Waals surface area (Å²) in [5.74, 6) is -1.47. The molecule has 0 fully saturated rings. The van der Waals surface area contributed by atoms with Gasteiger partial charge in [-0.25, -0.2) is 4.79 Å². The van der Waals surface area contributed by atoms with E-state index in [2.05, 4.69) is 4.74 Å². The molecule has 0 unspecified atom stereocenters. The van der Waals surface area contributed by atoms with Gasteiger partial charge in [0.2, 0.25) is 0 Å². The minimum absolute atomic E-state index is 0.149. The number of carbonyl (C=O) groups is 2. The average molecular weight is 221 g/mol. The summed E-state index contributed by atoms with van der Waals surface area (Å²) < 4.78 is 9.50. The number of alkyl halides is 1. The van der Waals surface area contributed by atoms with Crippen LogP contribution in [-0.2, 0) is 19.1 Å². The summed E-state index contributed by atoms with van der Waals surface area (Å²) >= 11 is 5.32. The maximum Gasteiger partial charge on any atom is 0.344 e. The van der Waals surface area contributed by atoms with Gasteiger partial charge < -0.3 is 9.47 Å². The van der Waals surface area contributed by atoms with Crippen molar-refractivity contribution < 1.29 is 19.1 Å². The van der Waals surface area contributed by atoms with E-state index in [1.165, 1.54) is 0 Å². The fraction of sp³-hybridized carbons (Fsp3) is 0.556. The van der Waals surface area contributed by atoms with Gasteiger partial charge in [-0.15, -0.1) is 11.6 Å². The van der Waals surface area contributed by atoms with Crippen molar-refractivity contribution >= 4 is 23.4 Å². The van der Waals surface area contributed by atoms with Crippen LogP contribution < -0.4 is 0 Å². The lowest BCUT2D eigenvalue weighted by Gasteiger charge is -2.04. The van der Waals surface area contributed by atoms with Crippen LogP contribution >= 0.6 is 11.6 Å². The lowest BCUT2D eigenvalue weighted by atomic mass is 10.2. The quantitative estimate of drug-likeness (QED) is 0.169. The Hall–Kier alpha value is -1.03. The molecule has 0 atom stereocenters. The van der Waals surface area contributed by atoms with Crippen molar-refractivity contribution in [2.45, 2.75) is 13.8 Å². The number of Topliss-reactive ketones (excluding diaryl/α,β-unsaturated/α-hetero) is 1. The van der Waals surface area contributed by atoms with Crippen LogP contribution in [0.4, 0.5) is 0 Å². The van der Waals surface area contributed by atoms with Crippen molar-refractivity contribution in [2.75, 3.05) is 19.1 Å². The molecule has 0 aliphatic rings. The number of halogens is 1. The van der Waals surface area contributed by atoms with E-state index in [9.17, 15) is 9.59 Å². The summed E-state index contributed by atoms with van der Waals surface area (Å²) in [6, 6.07) is 0. The fourth-order valence-electron chi connectivity index (χ4n) is 0.675. The van der Waals surface area contributed by atoms with Gasteiger partial charge in [-0.2, -0.15) is 0 Å². The average Bonchev–Trinajstić information content (AvgIpc) is 2.18. The van der Waals surface area contributed by atoms with Crippen LogP contribution in [0.2, 0.25) is 0 Å². The second-order valence-electron chi connectivity index (χ2n) is 2.26. The molecular formula is C9H13ClO4. The van der Waals surface area contributed by atoms with Crippen LogP contribution in [0, 0.1) is 0 Å². The van der Waals surface area contributed by atoms with Crippen LogP contribution in [0.5, 0.6) is 0 Å². The zero-order valence-corrected chi connectivity index (χ0v) is 8.97. The first-order valence-electron chi connectivity index (χ1n) is 4.25. The van der Waals surface area contributed by atoms with Crippen LogP contribution in [-0.4, -0.2) is 30.8 Å². The van der Waals surface area contributed by atoms with Gasteiger partial charge in [0.1, 0.15) is 11.8 Å². The molecule has 0 rings (SSSR count). The maximum atomic E-state index is 11.2. The van der Waals surface area contributed by atoms with Gasteiger partial charge in [0.05, 0.1) is 19.1 Å². The van der Waals surface area contributed by atoms with Crippen molar-refractivity contribution in [1.82, 2.24) is 0 Å². The van der Waals surface area contributed by atoms with Crippen molar-refractivity contribution in [3.8, 4) is 0 Å². The van der Waals surface area contributed by atoms with E-state index in [0.29, 0.717) is 6.61 Å². The number of rotatable bonds is 6. The highest BCUT2D eigenvalue weighted by Crippen LogP contribution is 2.02. The molecule has 0 saturated heterocycles. The molecule has 0 aromatic rings. The van der Waals surface area contributed by atoms with E-state index >= 15 is 0 Å². The van der Waals surface area contributed by atoms with Gasteiger partial charge >= 0.3 is 5.97 Å². The van der Waals surface area contributed by atoms with Crippen molar-refractivity contribution in [2.24, 2.45) is 0 Å². The Kier molecular flexibility index (Phi) is 6.84. The highest BCUT2D eigenvalue weighted by Gasteiger charge is 2.18. The van der Waals surface area contributed by atoms with Gasteiger partial charge in [-0.3, -0.25) is 4.79 Å². The Balaban J connectivity index is 4.54. The predicted octanol–water partition coefficient (Wildman–Crippen LogP) is 1.28. The highest BCUT2D eigenvalue weighted by molar-refractivity contribution is 6.34. The monoisotopic (exact) mass is 220 g/mol. The molecular weight excluding hydrogens is 208 g/mol. The smallest absolute Gasteiger partial charge is 0.344 e. The molecule has 0 N–H and O–H groups in total. The normalized spacial score (nSPS) is 10.9. The second-order valence-corrected chi connectivity index (χ2v) is 2.53. The molecule has 4 nitrogen and oxygen atoms in total. The van der Waals surface area contributed by atoms with Gasteiger partial charge in [0.15, 0.2) is 5.78 Å². The third kappa shape index (κ3) is 4.28. The Morgan fingerprint density at radius 1 is 1.29 bits per heavy atom. The highest BCUT2D eigenvalue weighted by atomic mass is 35.5. The molecule has 80 valence electrons. The molecule has 5 heteroatoms. The van der Waals surface area contributed by atoms with E-state index in [1.807, 2.05) is 0 Å². The Bertz CT molecular complexity index is 235. The molecule has 0 aromatic carbocycles. The first-order valence-corrected chi connectivity index (χ1v) is 4.78. The van der Waals surface area contributed by atoms with Gasteiger partial charge in [0.25, 0.3) is 0 Å². The lowest BCUT2D eigenvalue weighted by molar-refractivity contribution is -0.140. The van der Waals surface area contributed by atoms with E-state index in [0.717, 1.165) is 6.26 Å². The SMILES string of the molecule is CCO/C=C(/C(=O)CCl)C(=O)OCC. The van der Waals surface area contributed by atoms with E-state index < -0.39 is 11.8 Å². The first kappa shape index (κ1) is 13.0. The summed E-state index contributed by atoms with van der Waals surface area (Å²) in [6.45, 7) is 3.97. The number of hydrogen-bond donors (Lipinski definition) is 0. The molecule has 0 saturated carbocycles. The summed E-state index contributed by atoms with van der Waals surface area (Å²) in [4.78, 5) is 22.4. The summed E-state index contributed by atoms with van der Waals surface area (Å²) in [5.41, 5.74) is -0.149. The Morgan fingerprint density at radius 3 is 2.36 bits per heavy atom. The molecule has 14 heavy (non-hydrogen) atoms. The van der Waals surface area contributed by atoms with Gasteiger partial charge in [-0.1, -0.05) is 0 Å². The molecule has 0 aliphatic heterocycles. The number of carbonyl (C=O) groups excluding carboxylic acids is 2. The third-order valence-electron chi connectivity index (χ3n) is 1.28. The van der Waals surface area contributed by atoms with E-state index in [-0.39, 0.29) is 18.1 Å². The van der Waals surface area contributed by atoms with Crippen LogP contribution in [0.15, 0.2) is 11.8 Å². The number of ether oxygens (including phenoxy) is 2. The van der Waals surface area contributed by atoms with Crippen LogP contribution in [0.1, 0.15) is 13.8 Å². The number of esters is 1. The Morgan fingerprint density at radius 2 is 1.93 bits per heavy atom. The largest absolute Gasteiger partial charge is 0.500 e. The van der Waals surface area contributed by atoms with Crippen LogP contribution in [0.25, 0.3) is 0 Å². The second kappa shape index (κ2) is 7.38. The van der Waals surface area contributed by atoms with E-state index in [1.54, 1.807) is 13.8 Å². The predicted molar refractivity (Wildman–Crippen MR) is 52.1 cm³/mol. The lowest BCUT2D eigenvalue weighted by Crippen LogP contribution is -2.17. The Labute approximate surface area is 87.8 Å². The topological polar surface area (TPSA) is 52.6 Å². The summed E-state index contributed by atoms with van der Waals surface area (Å²) in [5, 5.41) is 0. The van der Waals surface area contributed by atoms with Gasteiger partial charge in [-0.05, 0) is 13.8 Å². The van der Waals surface area contributed by atoms with Gasteiger partial charge in [0, 0.05) is 0 Å². The summed E-state index contributed by atoms with van der Waals surface area (Å²) in [6.07, 6.45) is 1.09. The van der Waals surface area contributed by atoms with Crippen LogP contribution in [0.3, 0.4) is 0 Å². The van der Waals surface area contributed by atoms with Crippen molar-refractivity contribution in [3.63, 3.8) is 0 Å². The molecule has 0 aliphatic carbocycles. The fourth-order valence-corrected chi connectivity index (χ4v) is 0.819. The molecule has 0 spiro atoms. The zero-order chi connectivity index (χ0) is 11.0. The van der Waals surface area contributed by atoms with E-state index in [4.69, 9.17) is 16.3 Å². The molecule has 0 heterocycles.